The molecule has 2 amide bonds. The van der Waals surface area contributed by atoms with Crippen molar-refractivity contribution >= 4 is 32.9 Å². The van der Waals surface area contributed by atoms with Crippen LogP contribution in [0.2, 0.25) is 0 Å². The van der Waals surface area contributed by atoms with Crippen LogP contribution in [0.25, 0.3) is 22.2 Å². The van der Waals surface area contributed by atoms with Gasteiger partial charge >= 0.3 is 10.2 Å². The molecule has 45 heavy (non-hydrogen) atoms. The maximum absolute atomic E-state index is 14.6. The van der Waals surface area contributed by atoms with Crippen LogP contribution in [0, 0.1) is 5.41 Å². The van der Waals surface area contributed by atoms with Crippen molar-refractivity contribution in [3.8, 4) is 17.0 Å². The molecule has 11 heteroatoms. The molecule has 240 valence electrons. The molecule has 0 bridgehead atoms. The van der Waals surface area contributed by atoms with Crippen LogP contribution in [0.4, 0.5) is 0 Å². The number of hydrogen-bond donors (Lipinski definition) is 1. The highest BCUT2D eigenvalue weighted by Crippen LogP contribution is 2.66. The predicted octanol–water partition coefficient (Wildman–Crippen LogP) is 4.64. The number of carbonyl (C=O) groups is 2. The fraction of sp³-hybridized carbons (Fsp3) is 0.529. The number of hydrogen-bond acceptors (Lipinski definition) is 6. The molecular weight excluding hydrogens is 592 g/mol. The summed E-state index contributed by atoms with van der Waals surface area (Å²) < 4.78 is 41.9. The Morgan fingerprint density at radius 2 is 1.87 bits per heavy atom. The van der Waals surface area contributed by atoms with Crippen molar-refractivity contribution in [1.82, 2.24) is 18.5 Å². The SMILES string of the molecule is COc1ccc2c(c1)C1CC1(C(=O)N1CCOC[C@@H]1C)Cn1c-2c(C2CCCCC2)c2ccc(C(=O)NS(=O)(=O)N(C)C)cc21. The third kappa shape index (κ3) is 4.94. The Bertz CT molecular complexity index is 1790. The minimum Gasteiger partial charge on any atom is -0.497 e. The lowest BCUT2D eigenvalue weighted by molar-refractivity contribution is -0.145. The first-order chi connectivity index (χ1) is 21.6. The van der Waals surface area contributed by atoms with Gasteiger partial charge in [-0.15, -0.1) is 0 Å². The number of methoxy groups -OCH3 is 1. The largest absolute Gasteiger partial charge is 0.497 e. The molecule has 2 aromatic carbocycles. The maximum Gasteiger partial charge on any atom is 0.303 e. The molecule has 1 saturated heterocycles. The van der Waals surface area contributed by atoms with E-state index >= 15 is 0 Å². The molecule has 2 unspecified atom stereocenters. The van der Waals surface area contributed by atoms with Crippen LogP contribution >= 0.6 is 0 Å². The first-order valence-corrected chi connectivity index (χ1v) is 17.5. The van der Waals surface area contributed by atoms with Gasteiger partial charge in [-0.3, -0.25) is 9.59 Å². The molecule has 4 aliphatic rings. The van der Waals surface area contributed by atoms with E-state index in [1.54, 1.807) is 13.2 Å². The summed E-state index contributed by atoms with van der Waals surface area (Å²) in [5.41, 5.74) is 5.11. The lowest BCUT2D eigenvalue weighted by Gasteiger charge is -2.36. The molecule has 7 rings (SSSR count). The van der Waals surface area contributed by atoms with Crippen LogP contribution in [0.15, 0.2) is 36.4 Å². The molecule has 3 heterocycles. The predicted molar refractivity (Wildman–Crippen MR) is 172 cm³/mol. The van der Waals surface area contributed by atoms with Crippen LogP contribution in [-0.2, 0) is 26.3 Å². The summed E-state index contributed by atoms with van der Waals surface area (Å²) in [4.78, 5) is 29.9. The van der Waals surface area contributed by atoms with E-state index in [0.29, 0.717) is 32.2 Å². The Hall–Kier alpha value is -3.41. The summed E-state index contributed by atoms with van der Waals surface area (Å²) in [5, 5.41) is 1.06. The van der Waals surface area contributed by atoms with Crippen LogP contribution < -0.4 is 9.46 Å². The lowest BCUT2D eigenvalue weighted by Crippen LogP contribution is -2.51. The second-order valence-electron chi connectivity index (χ2n) is 13.4. The molecule has 1 aromatic heterocycles. The molecule has 2 saturated carbocycles. The molecule has 3 fully saturated rings. The van der Waals surface area contributed by atoms with Crippen LogP contribution in [0.1, 0.15) is 78.8 Å². The van der Waals surface area contributed by atoms with Gasteiger partial charge in [0.25, 0.3) is 5.91 Å². The molecule has 0 radical (unpaired) electrons. The number of nitrogens with zero attached hydrogens (tertiary/aromatic N) is 3. The molecule has 2 aliphatic carbocycles. The lowest BCUT2D eigenvalue weighted by atomic mass is 9.81. The zero-order valence-electron chi connectivity index (χ0n) is 26.5. The smallest absolute Gasteiger partial charge is 0.303 e. The molecular formula is C34H42N4O6S. The monoisotopic (exact) mass is 634 g/mol. The van der Waals surface area contributed by atoms with Crippen molar-refractivity contribution < 1.29 is 27.5 Å². The van der Waals surface area contributed by atoms with Crippen LogP contribution in [-0.4, -0.2) is 81.0 Å². The number of rotatable bonds is 6. The van der Waals surface area contributed by atoms with Gasteiger partial charge in [0.05, 0.1) is 37.5 Å². The topological polar surface area (TPSA) is 110 Å². The van der Waals surface area contributed by atoms with Crippen molar-refractivity contribution in [2.75, 3.05) is 41.0 Å². The average molecular weight is 635 g/mol. The highest BCUT2D eigenvalue weighted by Gasteiger charge is 2.64. The van der Waals surface area contributed by atoms with Gasteiger partial charge in [0.15, 0.2) is 0 Å². The summed E-state index contributed by atoms with van der Waals surface area (Å²) in [6, 6.07) is 11.7. The average Bonchev–Trinajstić information content (AvgIpc) is 3.70. The summed E-state index contributed by atoms with van der Waals surface area (Å²) in [7, 11) is 0.469. The highest BCUT2D eigenvalue weighted by atomic mass is 32.2. The van der Waals surface area contributed by atoms with E-state index < -0.39 is 21.5 Å². The number of morpholine rings is 1. The van der Waals surface area contributed by atoms with Crippen molar-refractivity contribution in [3.05, 3.63) is 53.1 Å². The second-order valence-corrected chi connectivity index (χ2v) is 15.3. The van der Waals surface area contributed by atoms with Gasteiger partial charge in [-0.2, -0.15) is 12.7 Å². The van der Waals surface area contributed by atoms with E-state index in [9.17, 15) is 18.0 Å². The van der Waals surface area contributed by atoms with Gasteiger partial charge in [0.2, 0.25) is 5.91 Å². The molecule has 0 spiro atoms. The number of amides is 2. The quantitative estimate of drug-likeness (QED) is 0.423. The van der Waals surface area contributed by atoms with Crippen molar-refractivity contribution in [1.29, 1.82) is 0 Å². The fourth-order valence-corrected chi connectivity index (χ4v) is 8.54. The number of nitrogens with one attached hydrogen (secondary N) is 1. The van der Waals surface area contributed by atoms with E-state index in [1.807, 2.05) is 30.0 Å². The van der Waals surface area contributed by atoms with Gasteiger partial charge in [0, 0.05) is 55.1 Å². The zero-order chi connectivity index (χ0) is 31.7. The molecule has 1 N–H and O–H groups in total. The van der Waals surface area contributed by atoms with Crippen molar-refractivity contribution in [3.63, 3.8) is 0 Å². The first-order valence-electron chi connectivity index (χ1n) is 16.0. The van der Waals surface area contributed by atoms with Crippen molar-refractivity contribution in [2.24, 2.45) is 5.41 Å². The van der Waals surface area contributed by atoms with Gasteiger partial charge in [0.1, 0.15) is 5.75 Å². The maximum atomic E-state index is 14.6. The van der Waals surface area contributed by atoms with Gasteiger partial charge < -0.3 is 18.9 Å². The third-order valence-electron chi connectivity index (χ3n) is 10.5. The van der Waals surface area contributed by atoms with E-state index in [1.165, 1.54) is 26.1 Å². The fourth-order valence-electron chi connectivity index (χ4n) is 8.00. The Balaban J connectivity index is 1.44. The van der Waals surface area contributed by atoms with E-state index in [2.05, 4.69) is 21.4 Å². The Morgan fingerprint density at radius 3 is 2.58 bits per heavy atom. The standard InChI is InChI=1S/C34H42N4O6S/c1-21-19-44-15-14-37(21)33(40)34-18-28(34)27-17-24(43-4)11-13-25(27)31-30(22-8-6-5-7-9-22)26-12-10-23(16-29(26)38(31)20-34)32(39)35-45(41,42)36(2)3/h10-13,16-17,21-22,28H,5-9,14-15,18-20H2,1-4H3,(H,35,39)/t21-,28?,34?/m0/s1. The van der Waals surface area contributed by atoms with Gasteiger partial charge in [-0.25, -0.2) is 4.72 Å². The molecule has 2 aliphatic heterocycles. The number of benzene rings is 2. The summed E-state index contributed by atoms with van der Waals surface area (Å²) in [6.07, 6.45) is 6.44. The van der Waals surface area contributed by atoms with E-state index in [0.717, 1.165) is 69.9 Å². The summed E-state index contributed by atoms with van der Waals surface area (Å²) in [5.74, 6) is 0.623. The van der Waals surface area contributed by atoms with E-state index in [-0.39, 0.29) is 23.4 Å². The number of ether oxygens (including phenoxy) is 2. The number of aromatic nitrogens is 1. The van der Waals surface area contributed by atoms with E-state index in [4.69, 9.17) is 9.47 Å². The molecule has 3 aromatic rings. The van der Waals surface area contributed by atoms with Gasteiger partial charge in [-0.05, 0) is 73.6 Å². The second kappa shape index (κ2) is 11.1. The zero-order valence-corrected chi connectivity index (χ0v) is 27.3. The minimum atomic E-state index is -3.97. The van der Waals surface area contributed by atoms with Gasteiger partial charge in [-0.1, -0.05) is 25.3 Å². The number of carbonyl (C=O) groups excluding carboxylic acids is 2. The normalized spacial score (nSPS) is 24.9. The summed E-state index contributed by atoms with van der Waals surface area (Å²) >= 11 is 0. The molecule has 3 atom stereocenters. The Kier molecular flexibility index (Phi) is 7.49. The van der Waals surface area contributed by atoms with Crippen LogP contribution in [0.5, 0.6) is 5.75 Å². The van der Waals surface area contributed by atoms with Crippen LogP contribution in [0.3, 0.4) is 0 Å². The Labute approximate surface area is 264 Å². The Morgan fingerprint density at radius 1 is 1.09 bits per heavy atom. The molecule has 10 nitrogen and oxygen atoms in total. The highest BCUT2D eigenvalue weighted by molar-refractivity contribution is 7.87. The first kappa shape index (κ1) is 30.3. The summed E-state index contributed by atoms with van der Waals surface area (Å²) in [6.45, 7) is 4.14. The minimum absolute atomic E-state index is 0.0115. The third-order valence-corrected chi connectivity index (χ3v) is 11.9. The number of fused-ring (bicyclic) bond motifs is 7. The van der Waals surface area contributed by atoms with Crippen molar-refractivity contribution in [2.45, 2.75) is 69.9 Å².